The Kier molecular flexibility index (Phi) is 11.7. The fourth-order valence-electron chi connectivity index (χ4n) is 8.79. The molecule has 0 radical (unpaired) electrons. The summed E-state index contributed by atoms with van der Waals surface area (Å²) in [4.78, 5) is 0. The van der Waals surface area contributed by atoms with Crippen molar-refractivity contribution >= 4 is 76.8 Å². The number of aromatic nitrogens is 1. The number of allylic oxidation sites excluding steroid dienone is 8. The highest BCUT2D eigenvalue weighted by molar-refractivity contribution is 6.16. The second-order valence-corrected chi connectivity index (χ2v) is 16.5. The number of nitrogens with zero attached hydrogens (tertiary/aromatic N) is 1. The zero-order valence-electron chi connectivity index (χ0n) is 36.7. The van der Waals surface area contributed by atoms with Crippen LogP contribution >= 0.6 is 0 Å². The minimum Gasteiger partial charge on any atom is -0.456 e. The van der Waals surface area contributed by atoms with Crippen LogP contribution in [-0.4, -0.2) is 4.57 Å². The van der Waals surface area contributed by atoms with E-state index in [4.69, 9.17) is 8.83 Å². The molecule has 0 aliphatic heterocycles. The quantitative estimate of drug-likeness (QED) is 0.150. The molecule has 1 aliphatic carbocycles. The third-order valence-electron chi connectivity index (χ3n) is 11.9. The van der Waals surface area contributed by atoms with Crippen molar-refractivity contribution in [1.82, 2.24) is 4.57 Å². The smallest absolute Gasteiger partial charge is 0.139 e. The summed E-state index contributed by atoms with van der Waals surface area (Å²) in [6.45, 7) is 16.8. The Bertz CT molecular complexity index is 3380. The first-order valence-corrected chi connectivity index (χ1v) is 22.2. The third kappa shape index (κ3) is 8.11. The van der Waals surface area contributed by atoms with Crippen LogP contribution in [0.25, 0.3) is 93.6 Å². The zero-order chi connectivity index (χ0) is 43.5. The molecule has 0 amide bonds. The van der Waals surface area contributed by atoms with Gasteiger partial charge in [-0.15, -0.1) is 0 Å². The molecule has 10 aromatic rings. The van der Waals surface area contributed by atoms with E-state index in [1.54, 1.807) is 0 Å². The molecule has 7 aromatic carbocycles. The van der Waals surface area contributed by atoms with Gasteiger partial charge in [0, 0.05) is 50.0 Å². The fraction of sp³-hybridized carbons (Fsp3) is 0.133. The number of para-hydroxylation sites is 2. The zero-order valence-corrected chi connectivity index (χ0v) is 36.7. The molecular formula is C60H53NO2. The Labute approximate surface area is 370 Å². The van der Waals surface area contributed by atoms with Gasteiger partial charge < -0.3 is 13.4 Å². The van der Waals surface area contributed by atoms with Crippen LogP contribution < -0.4 is 0 Å². The van der Waals surface area contributed by atoms with Gasteiger partial charge in [-0.25, -0.2) is 0 Å². The summed E-state index contributed by atoms with van der Waals surface area (Å²) in [5, 5.41) is 6.86. The molecule has 0 saturated heterocycles. The molecule has 1 unspecified atom stereocenters. The minimum absolute atomic E-state index is 0.542. The Hall–Kier alpha value is -7.36. The largest absolute Gasteiger partial charge is 0.456 e. The van der Waals surface area contributed by atoms with Crippen molar-refractivity contribution in [2.75, 3.05) is 0 Å². The molecule has 0 fully saturated rings. The molecule has 11 rings (SSSR count). The number of fused-ring (bicyclic) bond motifs is 9. The number of hydrogen-bond acceptors (Lipinski definition) is 2. The van der Waals surface area contributed by atoms with Gasteiger partial charge in [-0.05, 0) is 108 Å². The van der Waals surface area contributed by atoms with Gasteiger partial charge in [-0.1, -0.05) is 167 Å². The minimum atomic E-state index is 0.542. The average Bonchev–Trinajstić information content (AvgIpc) is 3.99. The summed E-state index contributed by atoms with van der Waals surface area (Å²) in [7, 11) is 0. The summed E-state index contributed by atoms with van der Waals surface area (Å²) in [6, 6.07) is 53.4. The molecule has 1 aliphatic rings. The number of benzene rings is 7. The second-order valence-electron chi connectivity index (χ2n) is 16.5. The monoisotopic (exact) mass is 819 g/mol. The topological polar surface area (TPSA) is 31.2 Å². The Morgan fingerprint density at radius 2 is 1.16 bits per heavy atom. The van der Waals surface area contributed by atoms with E-state index in [-0.39, 0.29) is 0 Å². The van der Waals surface area contributed by atoms with Gasteiger partial charge in [-0.3, -0.25) is 0 Å². The van der Waals surface area contributed by atoms with Gasteiger partial charge in [0.2, 0.25) is 0 Å². The molecule has 3 nitrogen and oxygen atoms in total. The van der Waals surface area contributed by atoms with Gasteiger partial charge in [0.05, 0.1) is 11.0 Å². The molecule has 1 atom stereocenters. The molecule has 0 N–H and O–H groups in total. The van der Waals surface area contributed by atoms with E-state index in [2.05, 4.69) is 202 Å². The number of rotatable bonds is 7. The Morgan fingerprint density at radius 3 is 1.83 bits per heavy atom. The van der Waals surface area contributed by atoms with Crippen molar-refractivity contribution in [2.24, 2.45) is 5.92 Å². The lowest BCUT2D eigenvalue weighted by Gasteiger charge is -2.17. The lowest BCUT2D eigenvalue weighted by molar-refractivity contribution is 0.656. The first-order valence-electron chi connectivity index (χ1n) is 22.2. The van der Waals surface area contributed by atoms with Crippen LogP contribution in [0, 0.1) is 5.92 Å². The van der Waals surface area contributed by atoms with Crippen molar-refractivity contribution in [3.63, 3.8) is 0 Å². The normalized spacial score (nSPS) is 13.7. The summed E-state index contributed by atoms with van der Waals surface area (Å²) in [5.74, 6) is 0.542. The highest BCUT2D eigenvalue weighted by Crippen LogP contribution is 2.40. The lowest BCUT2D eigenvalue weighted by atomic mass is 9.88. The lowest BCUT2D eigenvalue weighted by Crippen LogP contribution is -2.01. The molecule has 0 spiro atoms. The van der Waals surface area contributed by atoms with Crippen molar-refractivity contribution in [3.05, 3.63) is 212 Å². The molecule has 0 bridgehead atoms. The number of furan rings is 2. The predicted molar refractivity (Wildman–Crippen MR) is 272 cm³/mol. The van der Waals surface area contributed by atoms with E-state index >= 15 is 0 Å². The molecule has 3 heteroatoms. The van der Waals surface area contributed by atoms with Crippen LogP contribution in [0.15, 0.2) is 210 Å². The van der Waals surface area contributed by atoms with Crippen LogP contribution in [0.4, 0.5) is 0 Å². The summed E-state index contributed by atoms with van der Waals surface area (Å²) in [6.07, 6.45) is 14.5. The van der Waals surface area contributed by atoms with Gasteiger partial charge in [0.15, 0.2) is 0 Å². The van der Waals surface area contributed by atoms with E-state index in [9.17, 15) is 0 Å². The van der Waals surface area contributed by atoms with Gasteiger partial charge in [0.25, 0.3) is 0 Å². The van der Waals surface area contributed by atoms with Crippen molar-refractivity contribution in [1.29, 1.82) is 0 Å². The first kappa shape index (κ1) is 41.0. The highest BCUT2D eigenvalue weighted by Gasteiger charge is 2.17. The maximum atomic E-state index is 6.31. The third-order valence-corrected chi connectivity index (χ3v) is 11.9. The van der Waals surface area contributed by atoms with Crippen LogP contribution in [0.5, 0.6) is 0 Å². The van der Waals surface area contributed by atoms with Gasteiger partial charge in [0.1, 0.15) is 22.3 Å². The molecular weight excluding hydrogens is 767 g/mol. The molecule has 0 saturated carbocycles. The number of hydrogen-bond donors (Lipinski definition) is 0. The first-order chi connectivity index (χ1) is 30.8. The van der Waals surface area contributed by atoms with E-state index in [1.807, 2.05) is 25.1 Å². The Morgan fingerprint density at radius 1 is 0.571 bits per heavy atom. The SMILES string of the molecule is C=C(/C=C(\CC)C1C=CC=CC1)c1ccccc1.C=C(C)c1ccc2oc3cc4oc5ccc(-c6ccc7c(c6)c6ccccc6n7-c6ccccc6)cc5c4cc3c2c1.CCC. The predicted octanol–water partition coefficient (Wildman–Crippen LogP) is 17.9. The van der Waals surface area contributed by atoms with Crippen molar-refractivity contribution < 1.29 is 8.83 Å². The Balaban J connectivity index is 0.000000201. The molecule has 3 aromatic heterocycles. The van der Waals surface area contributed by atoms with E-state index in [1.165, 1.54) is 44.9 Å². The average molecular weight is 820 g/mol. The van der Waals surface area contributed by atoms with E-state index < -0.39 is 0 Å². The van der Waals surface area contributed by atoms with Gasteiger partial charge >= 0.3 is 0 Å². The fourth-order valence-corrected chi connectivity index (χ4v) is 8.79. The molecule has 63 heavy (non-hydrogen) atoms. The van der Waals surface area contributed by atoms with E-state index in [0.717, 1.165) is 84.7 Å². The maximum absolute atomic E-state index is 6.31. The van der Waals surface area contributed by atoms with Crippen LogP contribution in [-0.2, 0) is 0 Å². The summed E-state index contributed by atoms with van der Waals surface area (Å²) in [5.41, 5.74) is 15.2. The molecule has 310 valence electrons. The summed E-state index contributed by atoms with van der Waals surface area (Å²) < 4.78 is 14.9. The van der Waals surface area contributed by atoms with Crippen LogP contribution in [0.2, 0.25) is 0 Å². The second kappa shape index (κ2) is 17.9. The standard InChI is InChI=1S/C39H25NO2.C18H20.C3H8/c1-23(2)24-13-16-36-30(18-24)32-21-33-31-20-26(14-17-37(31)42-39(33)22-38(32)41-36)25-12-15-35-29(19-25)28-10-6-7-11-34(28)40(35)27-8-4-3-5-9-27;1-3-16(18-12-8-5-9-13-18)14-15(2)17-10-6-4-7-11-17;1-3-2/h3-22H,1H2,2H3;4-12,14,18H,2-3,13H2,1H3;3H2,1-2H3/b;16-14+;. The van der Waals surface area contributed by atoms with Crippen molar-refractivity contribution in [2.45, 2.75) is 47.0 Å². The van der Waals surface area contributed by atoms with E-state index in [0.29, 0.717) is 5.92 Å². The maximum Gasteiger partial charge on any atom is 0.139 e. The van der Waals surface area contributed by atoms with Crippen LogP contribution in [0.3, 0.4) is 0 Å². The summed E-state index contributed by atoms with van der Waals surface area (Å²) >= 11 is 0. The van der Waals surface area contributed by atoms with Gasteiger partial charge in [-0.2, -0.15) is 0 Å². The van der Waals surface area contributed by atoms with Crippen LogP contribution in [0.1, 0.15) is 58.1 Å². The highest BCUT2D eigenvalue weighted by atomic mass is 16.3. The van der Waals surface area contributed by atoms with Crippen molar-refractivity contribution in [3.8, 4) is 16.8 Å². The molecule has 3 heterocycles.